The summed E-state index contributed by atoms with van der Waals surface area (Å²) in [5.74, 6) is -0.230. The van der Waals surface area contributed by atoms with Crippen molar-refractivity contribution in [2.24, 2.45) is 0 Å². The summed E-state index contributed by atoms with van der Waals surface area (Å²) in [6.07, 6.45) is 2.21. The van der Waals surface area contributed by atoms with Crippen LogP contribution in [0, 0.1) is 5.82 Å². The van der Waals surface area contributed by atoms with Crippen LogP contribution in [0.15, 0.2) is 42.5 Å². The Hall–Kier alpha value is -1.95. The standard InChI is InChI=1S/C24H31ClFN3O/c1-3-5-19-8-10-20(11-9-19)18(2)27-24(30)17-29-14-12-28(13-15-29)16-21-22(25)6-4-7-23(21)26/h4,6-11,18H,3,5,12-17H2,1-2H3,(H,27,30). The van der Waals surface area contributed by atoms with E-state index in [4.69, 9.17) is 11.6 Å². The molecule has 0 aliphatic carbocycles. The second kappa shape index (κ2) is 10.9. The lowest BCUT2D eigenvalue weighted by molar-refractivity contribution is -0.123. The molecule has 0 bridgehead atoms. The molecule has 2 aromatic carbocycles. The molecule has 2 aromatic rings. The van der Waals surface area contributed by atoms with Gasteiger partial charge in [-0.25, -0.2) is 4.39 Å². The van der Waals surface area contributed by atoms with Gasteiger partial charge >= 0.3 is 0 Å². The smallest absolute Gasteiger partial charge is 0.234 e. The Morgan fingerprint density at radius 3 is 2.40 bits per heavy atom. The Morgan fingerprint density at radius 1 is 1.10 bits per heavy atom. The third-order valence-corrected chi connectivity index (χ3v) is 6.03. The molecule has 3 rings (SSSR count). The Bertz CT molecular complexity index is 815. The van der Waals surface area contributed by atoms with Crippen LogP contribution in [0.3, 0.4) is 0 Å². The number of halogens is 2. The third kappa shape index (κ3) is 6.27. The number of rotatable bonds is 8. The fraction of sp³-hybridized carbons (Fsp3) is 0.458. The summed E-state index contributed by atoms with van der Waals surface area (Å²) in [5, 5.41) is 3.57. The quantitative estimate of drug-likeness (QED) is 0.671. The minimum absolute atomic E-state index is 0.0161. The molecule has 1 unspecified atom stereocenters. The van der Waals surface area contributed by atoms with Gasteiger partial charge < -0.3 is 5.32 Å². The number of benzene rings is 2. The number of piperazine rings is 1. The van der Waals surface area contributed by atoms with Crippen LogP contribution >= 0.6 is 11.6 Å². The highest BCUT2D eigenvalue weighted by Crippen LogP contribution is 2.21. The average molecular weight is 432 g/mol. The first kappa shape index (κ1) is 22.7. The Labute approximate surface area is 184 Å². The van der Waals surface area contributed by atoms with Crippen molar-refractivity contribution in [3.8, 4) is 0 Å². The minimum Gasteiger partial charge on any atom is -0.348 e. The molecule has 1 fully saturated rings. The van der Waals surface area contributed by atoms with Crippen LogP contribution in [0.2, 0.25) is 5.02 Å². The summed E-state index contributed by atoms with van der Waals surface area (Å²) in [5.41, 5.74) is 2.99. The lowest BCUT2D eigenvalue weighted by atomic mass is 10.0. The van der Waals surface area contributed by atoms with Gasteiger partial charge in [-0.15, -0.1) is 0 Å². The number of carbonyl (C=O) groups is 1. The largest absolute Gasteiger partial charge is 0.348 e. The van der Waals surface area contributed by atoms with Crippen LogP contribution in [-0.2, 0) is 17.8 Å². The zero-order valence-corrected chi connectivity index (χ0v) is 18.6. The van der Waals surface area contributed by atoms with E-state index in [0.29, 0.717) is 23.7 Å². The van der Waals surface area contributed by atoms with E-state index >= 15 is 0 Å². The number of amides is 1. The molecule has 0 saturated carbocycles. The summed E-state index contributed by atoms with van der Waals surface area (Å²) in [6.45, 7) is 8.19. The molecule has 1 aliphatic rings. The number of nitrogens with zero attached hydrogens (tertiary/aromatic N) is 2. The lowest BCUT2D eigenvalue weighted by Gasteiger charge is -2.34. The molecule has 6 heteroatoms. The van der Waals surface area contributed by atoms with Crippen LogP contribution in [-0.4, -0.2) is 48.4 Å². The number of carbonyl (C=O) groups excluding carboxylic acids is 1. The van der Waals surface area contributed by atoms with Crippen molar-refractivity contribution in [2.45, 2.75) is 39.3 Å². The molecule has 1 saturated heterocycles. The van der Waals surface area contributed by atoms with Crippen molar-refractivity contribution in [2.75, 3.05) is 32.7 Å². The first-order chi connectivity index (χ1) is 14.5. The Balaban J connectivity index is 1.43. The molecular weight excluding hydrogens is 401 g/mol. The second-order valence-electron chi connectivity index (χ2n) is 8.03. The first-order valence-corrected chi connectivity index (χ1v) is 11.1. The lowest BCUT2D eigenvalue weighted by Crippen LogP contribution is -2.49. The highest BCUT2D eigenvalue weighted by atomic mass is 35.5. The molecule has 0 aromatic heterocycles. The van der Waals surface area contributed by atoms with E-state index < -0.39 is 0 Å². The van der Waals surface area contributed by atoms with Gasteiger partial charge in [0.2, 0.25) is 5.91 Å². The summed E-state index contributed by atoms with van der Waals surface area (Å²) in [6, 6.07) is 13.3. The molecule has 0 radical (unpaired) electrons. The summed E-state index contributed by atoms with van der Waals surface area (Å²) < 4.78 is 14.0. The van der Waals surface area contributed by atoms with E-state index in [-0.39, 0.29) is 17.8 Å². The maximum Gasteiger partial charge on any atom is 0.234 e. The van der Waals surface area contributed by atoms with Crippen molar-refractivity contribution < 1.29 is 9.18 Å². The molecule has 0 spiro atoms. The molecular formula is C24H31ClFN3O. The molecule has 4 nitrogen and oxygen atoms in total. The molecule has 162 valence electrons. The molecule has 1 heterocycles. The van der Waals surface area contributed by atoms with E-state index in [9.17, 15) is 9.18 Å². The van der Waals surface area contributed by atoms with E-state index in [2.05, 4.69) is 46.3 Å². The number of aryl methyl sites for hydroxylation is 1. The van der Waals surface area contributed by atoms with Gasteiger partial charge in [-0.3, -0.25) is 14.6 Å². The van der Waals surface area contributed by atoms with Gasteiger partial charge in [0.15, 0.2) is 0 Å². The second-order valence-corrected chi connectivity index (χ2v) is 8.44. The van der Waals surface area contributed by atoms with Crippen LogP contribution in [0.1, 0.15) is 43.0 Å². The predicted molar refractivity (Wildman–Crippen MR) is 120 cm³/mol. The fourth-order valence-corrected chi connectivity index (χ4v) is 4.07. The number of hydrogen-bond donors (Lipinski definition) is 1. The predicted octanol–water partition coefficient (Wildman–Crippen LogP) is 4.43. The van der Waals surface area contributed by atoms with Gasteiger partial charge in [-0.2, -0.15) is 0 Å². The zero-order valence-electron chi connectivity index (χ0n) is 17.8. The van der Waals surface area contributed by atoms with Crippen LogP contribution in [0.5, 0.6) is 0 Å². The number of hydrogen-bond acceptors (Lipinski definition) is 3. The Kier molecular flexibility index (Phi) is 8.25. The SMILES string of the molecule is CCCc1ccc(C(C)NC(=O)CN2CCN(Cc3c(F)cccc3Cl)CC2)cc1. The Morgan fingerprint density at radius 2 is 1.77 bits per heavy atom. The molecule has 30 heavy (non-hydrogen) atoms. The van der Waals surface area contributed by atoms with Crippen LogP contribution in [0.25, 0.3) is 0 Å². The maximum absolute atomic E-state index is 14.0. The van der Waals surface area contributed by atoms with E-state index in [1.54, 1.807) is 12.1 Å². The highest BCUT2D eigenvalue weighted by Gasteiger charge is 2.21. The first-order valence-electron chi connectivity index (χ1n) is 10.7. The van der Waals surface area contributed by atoms with E-state index in [1.807, 2.05) is 6.92 Å². The van der Waals surface area contributed by atoms with Crippen molar-refractivity contribution in [3.05, 3.63) is 70.0 Å². The van der Waals surface area contributed by atoms with Crippen molar-refractivity contribution in [3.63, 3.8) is 0 Å². The maximum atomic E-state index is 14.0. The van der Waals surface area contributed by atoms with Crippen molar-refractivity contribution >= 4 is 17.5 Å². The number of nitrogens with one attached hydrogen (secondary N) is 1. The average Bonchev–Trinajstić information content (AvgIpc) is 2.73. The molecule has 1 atom stereocenters. The molecule has 1 N–H and O–H groups in total. The summed E-state index contributed by atoms with van der Waals surface area (Å²) in [4.78, 5) is 16.8. The van der Waals surface area contributed by atoms with Gasteiger partial charge in [0.25, 0.3) is 0 Å². The van der Waals surface area contributed by atoms with Crippen LogP contribution < -0.4 is 5.32 Å². The van der Waals surface area contributed by atoms with E-state index in [0.717, 1.165) is 44.6 Å². The van der Waals surface area contributed by atoms with Gasteiger partial charge in [-0.1, -0.05) is 55.3 Å². The van der Waals surface area contributed by atoms with Crippen molar-refractivity contribution in [1.82, 2.24) is 15.1 Å². The van der Waals surface area contributed by atoms with Gasteiger partial charge in [0, 0.05) is 43.3 Å². The minimum atomic E-state index is -0.263. The molecule has 1 aliphatic heterocycles. The molecule has 1 amide bonds. The normalized spacial score (nSPS) is 16.4. The third-order valence-electron chi connectivity index (χ3n) is 5.67. The topological polar surface area (TPSA) is 35.6 Å². The van der Waals surface area contributed by atoms with Crippen molar-refractivity contribution in [1.29, 1.82) is 0 Å². The highest BCUT2D eigenvalue weighted by molar-refractivity contribution is 6.31. The summed E-state index contributed by atoms with van der Waals surface area (Å²) >= 11 is 6.14. The van der Waals surface area contributed by atoms with E-state index in [1.165, 1.54) is 11.6 Å². The fourth-order valence-electron chi connectivity index (χ4n) is 3.85. The van der Waals surface area contributed by atoms with Crippen LogP contribution in [0.4, 0.5) is 4.39 Å². The zero-order chi connectivity index (χ0) is 21.5. The van der Waals surface area contributed by atoms with Gasteiger partial charge in [0.1, 0.15) is 5.82 Å². The summed E-state index contributed by atoms with van der Waals surface area (Å²) in [7, 11) is 0. The monoisotopic (exact) mass is 431 g/mol. The van der Waals surface area contributed by atoms with Gasteiger partial charge in [-0.05, 0) is 36.6 Å². The van der Waals surface area contributed by atoms with Gasteiger partial charge in [0.05, 0.1) is 12.6 Å².